The first-order chi connectivity index (χ1) is 14.7. The van der Waals surface area contributed by atoms with E-state index in [1.807, 2.05) is 6.08 Å². The number of rotatable bonds is 21. The van der Waals surface area contributed by atoms with Crippen molar-refractivity contribution in [3.8, 4) is 0 Å². The van der Waals surface area contributed by atoms with E-state index in [1.54, 1.807) is 0 Å². The van der Waals surface area contributed by atoms with Gasteiger partial charge in [-0.1, -0.05) is 89.5 Å². The van der Waals surface area contributed by atoms with Gasteiger partial charge in [-0.3, -0.25) is 0 Å². The summed E-state index contributed by atoms with van der Waals surface area (Å²) in [5.74, 6) is 0. The van der Waals surface area contributed by atoms with Crippen molar-refractivity contribution in [3.05, 3.63) is 12.7 Å². The summed E-state index contributed by atoms with van der Waals surface area (Å²) in [6, 6.07) is 0. The van der Waals surface area contributed by atoms with Crippen molar-refractivity contribution in [2.45, 2.75) is 127 Å². The fourth-order valence-electron chi connectivity index (χ4n) is 4.13. The highest BCUT2D eigenvalue weighted by molar-refractivity contribution is 4.88. The molecule has 178 valence electrons. The van der Waals surface area contributed by atoms with E-state index in [2.05, 4.69) is 6.58 Å². The van der Waals surface area contributed by atoms with E-state index in [-0.39, 0.29) is 6.61 Å². The van der Waals surface area contributed by atoms with Crippen molar-refractivity contribution in [2.24, 2.45) is 0 Å². The Kier molecular flexibility index (Phi) is 17.7. The number of ether oxygens (including phenoxy) is 2. The van der Waals surface area contributed by atoms with Crippen LogP contribution in [0.25, 0.3) is 0 Å². The topological polar surface area (TPSA) is 79.2 Å². The molecule has 0 aromatic heterocycles. The third kappa shape index (κ3) is 13.1. The lowest BCUT2D eigenvalue weighted by Crippen LogP contribution is -2.41. The van der Waals surface area contributed by atoms with Gasteiger partial charge in [0.15, 0.2) is 0 Å². The molecule has 1 saturated heterocycles. The summed E-state index contributed by atoms with van der Waals surface area (Å²) in [6.07, 6.45) is 20.0. The Morgan fingerprint density at radius 3 is 1.77 bits per heavy atom. The van der Waals surface area contributed by atoms with Gasteiger partial charge in [-0.25, -0.2) is 0 Å². The van der Waals surface area contributed by atoms with Gasteiger partial charge in [0.2, 0.25) is 0 Å². The molecular formula is C25H48O5. The Balaban J connectivity index is 1.78. The summed E-state index contributed by atoms with van der Waals surface area (Å²) in [5, 5.41) is 28.6. The number of allylic oxidation sites excluding steroid dienone is 1. The van der Waals surface area contributed by atoms with E-state index in [4.69, 9.17) is 14.6 Å². The van der Waals surface area contributed by atoms with Crippen molar-refractivity contribution < 1.29 is 24.8 Å². The van der Waals surface area contributed by atoms with Crippen LogP contribution in [0.4, 0.5) is 0 Å². The molecule has 5 heteroatoms. The Bertz CT molecular complexity index is 390. The second-order valence-corrected chi connectivity index (χ2v) is 8.83. The van der Waals surface area contributed by atoms with Crippen LogP contribution in [0, 0.1) is 0 Å². The predicted molar refractivity (Wildman–Crippen MR) is 123 cm³/mol. The minimum absolute atomic E-state index is 0.276. The largest absolute Gasteiger partial charge is 0.394 e. The van der Waals surface area contributed by atoms with Gasteiger partial charge in [0.05, 0.1) is 13.2 Å². The second-order valence-electron chi connectivity index (χ2n) is 8.83. The summed E-state index contributed by atoms with van der Waals surface area (Å²) in [4.78, 5) is 0. The minimum atomic E-state index is -1.05. The normalized spacial score (nSPS) is 22.4. The first-order valence-corrected chi connectivity index (χ1v) is 12.5. The van der Waals surface area contributed by atoms with Crippen LogP contribution >= 0.6 is 0 Å². The van der Waals surface area contributed by atoms with Crippen LogP contribution in [0.5, 0.6) is 0 Å². The van der Waals surface area contributed by atoms with Gasteiger partial charge in [0.25, 0.3) is 0 Å². The minimum Gasteiger partial charge on any atom is -0.394 e. The van der Waals surface area contributed by atoms with Gasteiger partial charge in [-0.05, 0) is 19.3 Å². The van der Waals surface area contributed by atoms with Gasteiger partial charge in [-0.2, -0.15) is 0 Å². The lowest BCUT2D eigenvalue weighted by Gasteiger charge is -2.20. The number of aliphatic hydroxyl groups excluding tert-OH is 3. The zero-order valence-electron chi connectivity index (χ0n) is 19.2. The molecule has 0 radical (unpaired) electrons. The van der Waals surface area contributed by atoms with Crippen LogP contribution in [0.1, 0.15) is 103 Å². The van der Waals surface area contributed by atoms with Crippen molar-refractivity contribution >= 4 is 0 Å². The molecular weight excluding hydrogens is 380 g/mol. The van der Waals surface area contributed by atoms with Crippen molar-refractivity contribution in [1.29, 1.82) is 0 Å². The average Bonchev–Trinajstić information content (AvgIpc) is 3.12. The zero-order chi connectivity index (χ0) is 21.9. The molecule has 0 aromatic rings. The highest BCUT2D eigenvalue weighted by atomic mass is 16.6. The highest BCUT2D eigenvalue weighted by Crippen LogP contribution is 2.21. The van der Waals surface area contributed by atoms with Crippen LogP contribution in [0.2, 0.25) is 0 Å². The molecule has 0 amide bonds. The van der Waals surface area contributed by atoms with Crippen LogP contribution in [0.3, 0.4) is 0 Å². The number of hydrogen-bond acceptors (Lipinski definition) is 5. The maximum absolute atomic E-state index is 10.1. The first-order valence-electron chi connectivity index (χ1n) is 12.5. The molecule has 1 aliphatic heterocycles. The second kappa shape index (κ2) is 19.2. The first kappa shape index (κ1) is 27.6. The Hall–Kier alpha value is -0.460. The van der Waals surface area contributed by atoms with Crippen LogP contribution in [0.15, 0.2) is 12.7 Å². The maximum Gasteiger partial charge on any atom is 0.114 e. The maximum atomic E-state index is 10.1. The summed E-state index contributed by atoms with van der Waals surface area (Å²) < 4.78 is 11.0. The van der Waals surface area contributed by atoms with E-state index in [0.29, 0.717) is 6.61 Å². The molecule has 1 aliphatic rings. The Labute approximate surface area is 184 Å². The number of unbranched alkanes of at least 4 members (excludes halogenated alkanes) is 15. The van der Waals surface area contributed by atoms with E-state index >= 15 is 0 Å². The van der Waals surface area contributed by atoms with Crippen LogP contribution < -0.4 is 0 Å². The Morgan fingerprint density at radius 2 is 1.30 bits per heavy atom. The molecule has 0 spiro atoms. The third-order valence-electron chi connectivity index (χ3n) is 6.12. The molecule has 5 nitrogen and oxygen atoms in total. The molecule has 0 unspecified atom stereocenters. The molecule has 4 atom stereocenters. The van der Waals surface area contributed by atoms with Gasteiger partial charge >= 0.3 is 0 Å². The summed E-state index contributed by atoms with van der Waals surface area (Å²) in [7, 11) is 0. The van der Waals surface area contributed by atoms with Gasteiger partial charge in [0, 0.05) is 6.61 Å². The molecule has 1 rings (SSSR count). The molecule has 0 aliphatic carbocycles. The standard InChI is InChI=1S/C25H48O5/c1-2-3-4-5-6-7-8-9-10-11-12-13-14-15-16-17-18-19-29-23-21-30-25(24(23)28)22(27)20-26/h2,22-28H,1,3-21H2/t22-,23+,24-,25-/m1/s1. The fourth-order valence-corrected chi connectivity index (χ4v) is 4.13. The Morgan fingerprint density at radius 1 is 0.833 bits per heavy atom. The van der Waals surface area contributed by atoms with E-state index in [0.717, 1.165) is 12.8 Å². The number of aliphatic hydroxyl groups is 3. The van der Waals surface area contributed by atoms with Crippen LogP contribution in [-0.4, -0.2) is 59.6 Å². The van der Waals surface area contributed by atoms with E-state index < -0.39 is 31.0 Å². The summed E-state index contributed by atoms with van der Waals surface area (Å²) in [5.41, 5.74) is 0. The van der Waals surface area contributed by atoms with Crippen molar-refractivity contribution in [3.63, 3.8) is 0 Å². The molecule has 0 saturated carbocycles. The SMILES string of the molecule is C=CCCCCCCCCCCCCCCCCCO[C@H]1CO[C@H]([C@H](O)CO)[C@@H]1O. The monoisotopic (exact) mass is 428 g/mol. The molecule has 0 bridgehead atoms. The quantitative estimate of drug-likeness (QED) is 0.179. The average molecular weight is 429 g/mol. The predicted octanol–water partition coefficient (Wildman–Crippen LogP) is 4.91. The third-order valence-corrected chi connectivity index (χ3v) is 6.12. The molecule has 0 aromatic carbocycles. The van der Waals surface area contributed by atoms with E-state index in [9.17, 15) is 10.2 Å². The zero-order valence-corrected chi connectivity index (χ0v) is 19.2. The van der Waals surface area contributed by atoms with E-state index in [1.165, 1.54) is 89.9 Å². The van der Waals surface area contributed by atoms with Gasteiger partial charge in [-0.15, -0.1) is 6.58 Å². The van der Waals surface area contributed by atoms with Crippen LogP contribution in [-0.2, 0) is 9.47 Å². The van der Waals surface area contributed by atoms with Crippen molar-refractivity contribution in [1.82, 2.24) is 0 Å². The summed E-state index contributed by atoms with van der Waals surface area (Å²) >= 11 is 0. The van der Waals surface area contributed by atoms with Crippen molar-refractivity contribution in [2.75, 3.05) is 19.8 Å². The smallest absolute Gasteiger partial charge is 0.114 e. The highest BCUT2D eigenvalue weighted by Gasteiger charge is 2.40. The number of hydrogen-bond donors (Lipinski definition) is 3. The molecule has 1 fully saturated rings. The lowest BCUT2D eigenvalue weighted by atomic mass is 10.0. The summed E-state index contributed by atoms with van der Waals surface area (Å²) in [6.45, 7) is 4.24. The molecule has 1 heterocycles. The molecule has 3 N–H and O–H groups in total. The van der Waals surface area contributed by atoms with Gasteiger partial charge < -0.3 is 24.8 Å². The fraction of sp³-hybridized carbons (Fsp3) is 0.920. The molecule has 30 heavy (non-hydrogen) atoms. The lowest BCUT2D eigenvalue weighted by molar-refractivity contribution is -0.0730. The van der Waals surface area contributed by atoms with Gasteiger partial charge in [0.1, 0.15) is 24.4 Å².